The van der Waals surface area contributed by atoms with E-state index < -0.39 is 0 Å². The smallest absolute Gasteiger partial charge is 0.342 e. The van der Waals surface area contributed by atoms with Crippen LogP contribution in [0, 0.1) is 40.9 Å². The van der Waals surface area contributed by atoms with E-state index in [1.54, 1.807) is 14.0 Å². The fourth-order valence-corrected chi connectivity index (χ4v) is 8.07. The molecule has 4 rings (SSSR count). The summed E-state index contributed by atoms with van der Waals surface area (Å²) in [5, 5.41) is 10.8. The summed E-state index contributed by atoms with van der Waals surface area (Å²) < 4.78 is 11.0. The molecule has 1 aromatic rings. The van der Waals surface area contributed by atoms with E-state index in [-0.39, 0.29) is 28.0 Å². The highest BCUT2D eigenvalue weighted by molar-refractivity contribution is 5.34. The third kappa shape index (κ3) is 3.32. The summed E-state index contributed by atoms with van der Waals surface area (Å²) in [6.45, 7) is 13.5. The lowest BCUT2D eigenvalue weighted by atomic mass is 9.39. The standard InChI is InChI=1S/C27H40O4/c1-16-8-9-22-26(5,12-10-21-25(3,4)23(28)11-13-27(21,22)6)19(16)15-18-20(30-7)14-17(2)31-24(18)29/h8,14,19,21-23,28H,9-13,15H2,1-7H3/t19-,21+,22+,23+,26+,27+/m1/s1. The first-order valence-corrected chi connectivity index (χ1v) is 12.0. The van der Waals surface area contributed by atoms with Gasteiger partial charge < -0.3 is 14.3 Å². The van der Waals surface area contributed by atoms with Gasteiger partial charge in [-0.2, -0.15) is 0 Å². The van der Waals surface area contributed by atoms with Gasteiger partial charge >= 0.3 is 5.63 Å². The zero-order valence-electron chi connectivity index (χ0n) is 20.4. The second kappa shape index (κ2) is 7.50. The number of ether oxygens (including phenoxy) is 1. The van der Waals surface area contributed by atoms with Crippen molar-refractivity contribution in [3.63, 3.8) is 0 Å². The van der Waals surface area contributed by atoms with Gasteiger partial charge in [-0.3, -0.25) is 0 Å². The zero-order valence-corrected chi connectivity index (χ0v) is 20.4. The van der Waals surface area contributed by atoms with Crippen LogP contribution in [0.15, 0.2) is 26.9 Å². The molecule has 6 atom stereocenters. The van der Waals surface area contributed by atoms with Crippen LogP contribution in [0.25, 0.3) is 0 Å². The molecule has 2 saturated carbocycles. The molecule has 3 aliphatic rings. The van der Waals surface area contributed by atoms with E-state index in [0.717, 1.165) is 32.1 Å². The van der Waals surface area contributed by atoms with Crippen molar-refractivity contribution in [3.8, 4) is 5.75 Å². The summed E-state index contributed by atoms with van der Waals surface area (Å²) in [6, 6.07) is 1.84. The van der Waals surface area contributed by atoms with Crippen LogP contribution in [0.2, 0.25) is 0 Å². The average Bonchev–Trinajstić information content (AvgIpc) is 2.68. The normalized spacial score (nSPS) is 39.3. The lowest BCUT2D eigenvalue weighted by Crippen LogP contribution is -2.60. The van der Waals surface area contributed by atoms with Crippen molar-refractivity contribution in [1.29, 1.82) is 0 Å². The second-order valence-corrected chi connectivity index (χ2v) is 11.7. The van der Waals surface area contributed by atoms with Crippen molar-refractivity contribution >= 4 is 0 Å². The number of hydrogen-bond acceptors (Lipinski definition) is 4. The molecule has 1 heterocycles. The van der Waals surface area contributed by atoms with Gasteiger partial charge in [-0.05, 0) is 86.4 Å². The van der Waals surface area contributed by atoms with E-state index in [0.29, 0.717) is 41.2 Å². The van der Waals surface area contributed by atoms with E-state index in [2.05, 4.69) is 40.7 Å². The third-order valence-corrected chi connectivity index (χ3v) is 9.85. The Balaban J connectivity index is 1.74. The monoisotopic (exact) mass is 428 g/mol. The lowest BCUT2D eigenvalue weighted by molar-refractivity contribution is -0.180. The lowest BCUT2D eigenvalue weighted by Gasteiger charge is -2.66. The number of methoxy groups -OCH3 is 1. The molecule has 0 spiro atoms. The Bertz CT molecular complexity index is 941. The van der Waals surface area contributed by atoms with Crippen molar-refractivity contribution in [2.75, 3.05) is 7.11 Å². The van der Waals surface area contributed by atoms with Crippen molar-refractivity contribution in [1.82, 2.24) is 0 Å². The number of aliphatic hydroxyl groups is 1. The second-order valence-electron chi connectivity index (χ2n) is 11.7. The number of allylic oxidation sites excluding steroid dienone is 2. The molecule has 4 nitrogen and oxygen atoms in total. The third-order valence-electron chi connectivity index (χ3n) is 9.85. The molecule has 1 aromatic heterocycles. The van der Waals surface area contributed by atoms with E-state index in [1.165, 1.54) is 5.57 Å². The molecule has 4 heteroatoms. The molecule has 0 aliphatic heterocycles. The van der Waals surface area contributed by atoms with E-state index in [9.17, 15) is 9.90 Å². The maximum Gasteiger partial charge on any atom is 0.342 e. The largest absolute Gasteiger partial charge is 0.496 e. The summed E-state index contributed by atoms with van der Waals surface area (Å²) in [5.41, 5.74) is 2.05. The van der Waals surface area contributed by atoms with Crippen molar-refractivity contribution in [2.45, 2.75) is 86.2 Å². The molecule has 172 valence electrons. The van der Waals surface area contributed by atoms with Crippen LogP contribution in [0.5, 0.6) is 5.75 Å². The van der Waals surface area contributed by atoms with E-state index in [4.69, 9.17) is 9.15 Å². The summed E-state index contributed by atoms with van der Waals surface area (Å²) in [4.78, 5) is 12.8. The molecular weight excluding hydrogens is 388 g/mol. The molecule has 2 fully saturated rings. The topological polar surface area (TPSA) is 59.7 Å². The average molecular weight is 429 g/mol. The minimum Gasteiger partial charge on any atom is -0.496 e. The number of fused-ring (bicyclic) bond motifs is 3. The van der Waals surface area contributed by atoms with Gasteiger partial charge in [0.15, 0.2) is 0 Å². The fraction of sp³-hybridized carbons (Fsp3) is 0.741. The molecule has 0 amide bonds. The minimum atomic E-state index is -0.266. The van der Waals surface area contributed by atoms with Crippen LogP contribution in [0.4, 0.5) is 0 Å². The molecule has 1 N–H and O–H groups in total. The summed E-state index contributed by atoms with van der Waals surface area (Å²) in [6.07, 6.45) is 8.19. The predicted octanol–water partition coefficient (Wildman–Crippen LogP) is 5.69. The van der Waals surface area contributed by atoms with Gasteiger partial charge in [-0.25, -0.2) is 4.79 Å². The Hall–Kier alpha value is -1.55. The SMILES string of the molecule is COc1cc(C)oc(=O)c1C[C@@H]1C(C)=CC[C@H]2[C@@]1(C)CC[C@H]1C(C)(C)[C@@H](O)CC[C@]21C. The number of hydrogen-bond donors (Lipinski definition) is 1. The molecule has 31 heavy (non-hydrogen) atoms. The van der Waals surface area contributed by atoms with Crippen molar-refractivity contribution < 1.29 is 14.3 Å². The van der Waals surface area contributed by atoms with Gasteiger partial charge in [0.05, 0.1) is 18.8 Å². The van der Waals surface area contributed by atoms with Crippen LogP contribution in [-0.2, 0) is 6.42 Å². The van der Waals surface area contributed by atoms with Crippen LogP contribution in [0.3, 0.4) is 0 Å². The van der Waals surface area contributed by atoms with Gasteiger partial charge in [-0.15, -0.1) is 0 Å². The number of aliphatic hydroxyl groups excluding tert-OH is 1. The predicted molar refractivity (Wildman–Crippen MR) is 123 cm³/mol. The maximum atomic E-state index is 12.8. The van der Waals surface area contributed by atoms with Crippen LogP contribution in [-0.4, -0.2) is 18.3 Å². The van der Waals surface area contributed by atoms with E-state index in [1.807, 2.05) is 6.07 Å². The van der Waals surface area contributed by atoms with Gasteiger partial charge in [0.2, 0.25) is 0 Å². The minimum absolute atomic E-state index is 0.0543. The van der Waals surface area contributed by atoms with Crippen molar-refractivity contribution in [3.05, 3.63) is 39.5 Å². The quantitative estimate of drug-likeness (QED) is 0.629. The van der Waals surface area contributed by atoms with Crippen LogP contribution < -0.4 is 10.4 Å². The first-order valence-electron chi connectivity index (χ1n) is 12.0. The molecule has 0 saturated heterocycles. The molecule has 0 radical (unpaired) electrons. The van der Waals surface area contributed by atoms with Crippen LogP contribution in [0.1, 0.15) is 78.0 Å². The summed E-state index contributed by atoms with van der Waals surface area (Å²) in [7, 11) is 1.63. The number of rotatable bonds is 3. The Morgan fingerprint density at radius 3 is 2.45 bits per heavy atom. The number of aryl methyl sites for hydroxylation is 1. The highest BCUT2D eigenvalue weighted by Gasteiger charge is 2.62. The Labute approximate surface area is 187 Å². The molecular formula is C27H40O4. The highest BCUT2D eigenvalue weighted by Crippen LogP contribution is 2.68. The maximum absolute atomic E-state index is 12.8. The highest BCUT2D eigenvalue weighted by atomic mass is 16.5. The molecule has 0 aromatic carbocycles. The van der Waals surface area contributed by atoms with Crippen molar-refractivity contribution in [2.24, 2.45) is 34.0 Å². The summed E-state index contributed by atoms with van der Waals surface area (Å²) >= 11 is 0. The van der Waals surface area contributed by atoms with Gasteiger partial charge in [0.1, 0.15) is 11.5 Å². The Morgan fingerprint density at radius 1 is 1.10 bits per heavy atom. The molecule has 0 unspecified atom stereocenters. The first-order chi connectivity index (χ1) is 14.4. The first kappa shape index (κ1) is 22.6. The molecule has 0 bridgehead atoms. The molecule has 3 aliphatic carbocycles. The summed E-state index contributed by atoms with van der Waals surface area (Å²) in [5.74, 6) is 2.59. The van der Waals surface area contributed by atoms with Gasteiger partial charge in [0, 0.05) is 6.07 Å². The fourth-order valence-electron chi connectivity index (χ4n) is 8.07. The Morgan fingerprint density at radius 2 is 1.77 bits per heavy atom. The van der Waals surface area contributed by atoms with Crippen LogP contribution >= 0.6 is 0 Å². The van der Waals surface area contributed by atoms with Gasteiger partial charge in [0.25, 0.3) is 0 Å². The van der Waals surface area contributed by atoms with E-state index >= 15 is 0 Å². The Kier molecular flexibility index (Phi) is 5.48. The van der Waals surface area contributed by atoms with Gasteiger partial charge in [-0.1, -0.05) is 39.3 Å². The zero-order chi connectivity index (χ0) is 22.8.